The maximum Gasteiger partial charge on any atom is 0.349 e. The van der Waals surface area contributed by atoms with Gasteiger partial charge in [-0.2, -0.15) is 4.98 Å². The van der Waals surface area contributed by atoms with Crippen LogP contribution >= 0.6 is 0 Å². The van der Waals surface area contributed by atoms with Gasteiger partial charge in [0.2, 0.25) is 0 Å². The Morgan fingerprint density at radius 1 is 0.952 bits per heavy atom. The summed E-state index contributed by atoms with van der Waals surface area (Å²) in [6.07, 6.45) is 0.945. The lowest BCUT2D eigenvalue weighted by molar-refractivity contribution is -0.155. The molecule has 0 atom stereocenters. The van der Waals surface area contributed by atoms with Gasteiger partial charge in [-0.15, -0.1) is 0 Å². The minimum atomic E-state index is -0.698. The molecule has 2 aliphatic heterocycles. The van der Waals surface area contributed by atoms with Gasteiger partial charge < -0.3 is 9.30 Å². The molecule has 1 N–H and O–H groups in total. The van der Waals surface area contributed by atoms with Gasteiger partial charge in [-0.25, -0.2) is 9.78 Å². The number of nitrogens with one attached hydrogen (secondary N) is 1. The molecule has 0 aliphatic carbocycles. The molecule has 9 heteroatoms. The molecule has 3 aromatic carbocycles. The van der Waals surface area contributed by atoms with E-state index in [-0.39, 0.29) is 17.5 Å². The molecule has 2 heterocycles. The first-order valence-corrected chi connectivity index (χ1v) is 14.3. The van der Waals surface area contributed by atoms with Crippen molar-refractivity contribution in [1.82, 2.24) is 24.4 Å². The molecular formula is C33H37N5O4. The summed E-state index contributed by atoms with van der Waals surface area (Å²) in [5.41, 5.74) is 3.13. The number of esters is 1. The van der Waals surface area contributed by atoms with Crippen LogP contribution in [0.1, 0.15) is 50.3 Å². The fourth-order valence-corrected chi connectivity index (χ4v) is 5.22. The zero-order chi connectivity index (χ0) is 30.0. The van der Waals surface area contributed by atoms with E-state index in [1.165, 1.54) is 10.8 Å². The molecule has 0 aromatic heterocycles. The van der Waals surface area contributed by atoms with Crippen molar-refractivity contribution in [2.24, 2.45) is 0 Å². The van der Waals surface area contributed by atoms with E-state index in [4.69, 9.17) is 4.74 Å². The normalized spacial score (nSPS) is 12.0. The van der Waals surface area contributed by atoms with Crippen molar-refractivity contribution in [1.29, 1.82) is 0 Å². The second-order valence-electron chi connectivity index (χ2n) is 11.9. The number of aryl methyl sites for hydroxylation is 2. The van der Waals surface area contributed by atoms with E-state index >= 15 is 0 Å². The molecule has 0 fully saturated rings. The van der Waals surface area contributed by atoms with Crippen LogP contribution in [0.15, 0.2) is 64.2 Å². The largest absolute Gasteiger partial charge is 0.460 e. The van der Waals surface area contributed by atoms with E-state index in [2.05, 4.69) is 50.2 Å². The average molecular weight is 568 g/mol. The molecule has 3 aromatic rings. The Morgan fingerprint density at radius 2 is 1.69 bits per heavy atom. The number of rotatable bonds is 9. The topological polar surface area (TPSA) is 110 Å². The fraction of sp³-hybridized carbons (Fsp3) is 0.364. The number of aromatic nitrogens is 4. The summed E-state index contributed by atoms with van der Waals surface area (Å²) in [6, 6.07) is 18.7. The fourth-order valence-electron chi connectivity index (χ4n) is 5.22. The second kappa shape index (κ2) is 11.9. The number of carbonyl (C=O) groups excluding carboxylic acids is 1. The summed E-state index contributed by atoms with van der Waals surface area (Å²) in [7, 11) is 0. The lowest BCUT2D eigenvalue weighted by Gasteiger charge is -2.25. The number of hydrogen-bond acceptors (Lipinski definition) is 7. The Kier molecular flexibility index (Phi) is 8.22. The van der Waals surface area contributed by atoms with Gasteiger partial charge in [0.25, 0.3) is 5.56 Å². The smallest absolute Gasteiger partial charge is 0.349 e. The number of fused-ring (bicyclic) bond motifs is 3. The Bertz CT molecular complexity index is 1850. The van der Waals surface area contributed by atoms with Gasteiger partial charge in [0.15, 0.2) is 11.5 Å². The Hall–Kier alpha value is -4.37. The van der Waals surface area contributed by atoms with Gasteiger partial charge in [0.1, 0.15) is 5.60 Å². The summed E-state index contributed by atoms with van der Waals surface area (Å²) in [4.78, 5) is 50.6. The molecule has 42 heavy (non-hydrogen) atoms. The second-order valence-corrected chi connectivity index (χ2v) is 11.9. The van der Waals surface area contributed by atoms with Gasteiger partial charge >= 0.3 is 11.7 Å². The maximum absolute atomic E-state index is 12.7. The highest BCUT2D eigenvalue weighted by atomic mass is 16.6. The zero-order valence-corrected chi connectivity index (χ0v) is 24.9. The van der Waals surface area contributed by atoms with Crippen molar-refractivity contribution < 1.29 is 9.53 Å². The molecule has 0 radical (unpaired) electrons. The molecule has 0 unspecified atom stereocenters. The summed E-state index contributed by atoms with van der Waals surface area (Å²) in [5.74, 6) is 0.0461. The van der Waals surface area contributed by atoms with Gasteiger partial charge in [0, 0.05) is 26.1 Å². The predicted molar refractivity (Wildman–Crippen MR) is 165 cm³/mol. The maximum atomic E-state index is 12.7. The van der Waals surface area contributed by atoms with Gasteiger partial charge in [-0.05, 0) is 93.2 Å². The quantitative estimate of drug-likeness (QED) is 0.198. The highest BCUT2D eigenvalue weighted by Crippen LogP contribution is 2.24. The summed E-state index contributed by atoms with van der Waals surface area (Å²) in [6.45, 7) is 12.0. The predicted octanol–water partition coefficient (Wildman–Crippen LogP) is 4.98. The van der Waals surface area contributed by atoms with Crippen LogP contribution in [-0.4, -0.2) is 49.1 Å². The van der Waals surface area contributed by atoms with Crippen LogP contribution in [-0.2, 0) is 22.6 Å². The van der Waals surface area contributed by atoms with Crippen LogP contribution in [0.4, 0.5) is 0 Å². The van der Waals surface area contributed by atoms with Crippen LogP contribution < -0.4 is 11.2 Å². The molecule has 0 amide bonds. The van der Waals surface area contributed by atoms with Crippen LogP contribution in [0, 0.1) is 13.8 Å². The minimum absolute atomic E-state index is 0.136. The van der Waals surface area contributed by atoms with Gasteiger partial charge in [0.05, 0.1) is 11.0 Å². The molecule has 2 aliphatic rings. The monoisotopic (exact) mass is 567 g/mol. The third-order valence-electron chi connectivity index (χ3n) is 7.36. The first-order chi connectivity index (χ1) is 20.0. The number of benzene rings is 3. The van der Waals surface area contributed by atoms with Gasteiger partial charge in [-0.3, -0.25) is 19.5 Å². The van der Waals surface area contributed by atoms with Gasteiger partial charge in [-0.1, -0.05) is 36.4 Å². The van der Waals surface area contributed by atoms with E-state index in [9.17, 15) is 14.4 Å². The van der Waals surface area contributed by atoms with E-state index in [0.29, 0.717) is 44.5 Å². The number of carbonyl (C=O) groups is 1. The van der Waals surface area contributed by atoms with Crippen molar-refractivity contribution in [3.8, 4) is 11.5 Å². The summed E-state index contributed by atoms with van der Waals surface area (Å²) in [5, 5.41) is 2.35. The van der Waals surface area contributed by atoms with Crippen molar-refractivity contribution in [2.75, 3.05) is 13.1 Å². The molecule has 0 saturated heterocycles. The molecule has 218 valence electrons. The zero-order valence-electron chi connectivity index (χ0n) is 24.9. The number of hydrogen-bond donors (Lipinski definition) is 1. The average Bonchev–Trinajstić information content (AvgIpc) is 2.91. The van der Waals surface area contributed by atoms with E-state index in [1.54, 1.807) is 0 Å². The molecular weight excluding hydrogens is 530 g/mol. The summed E-state index contributed by atoms with van der Waals surface area (Å²) < 4.78 is 7.43. The Labute approximate surface area is 244 Å². The SMILES string of the molecule is Cc1cc2nc3c(=O)[nH]c(=O)nc-3n(CCN(CCCC(=O)OC(C)(C)C)Cc3ccc4ccccc4c3)c2cc1C. The first kappa shape index (κ1) is 29.1. The molecule has 0 bridgehead atoms. The Morgan fingerprint density at radius 3 is 2.45 bits per heavy atom. The molecule has 9 nitrogen and oxygen atoms in total. The first-order valence-electron chi connectivity index (χ1n) is 14.3. The van der Waals surface area contributed by atoms with Crippen LogP contribution in [0.2, 0.25) is 0 Å². The van der Waals surface area contributed by atoms with E-state index in [0.717, 1.165) is 22.2 Å². The van der Waals surface area contributed by atoms with Crippen molar-refractivity contribution >= 4 is 27.8 Å². The molecule has 5 rings (SSSR count). The lowest BCUT2D eigenvalue weighted by Crippen LogP contribution is -2.32. The lowest BCUT2D eigenvalue weighted by atomic mass is 10.1. The van der Waals surface area contributed by atoms with Crippen LogP contribution in [0.5, 0.6) is 0 Å². The van der Waals surface area contributed by atoms with E-state index in [1.807, 2.05) is 63.5 Å². The molecule has 0 spiro atoms. The third kappa shape index (κ3) is 6.74. The highest BCUT2D eigenvalue weighted by molar-refractivity contribution is 5.83. The summed E-state index contributed by atoms with van der Waals surface area (Å²) >= 11 is 0. The number of nitrogens with zero attached hydrogens (tertiary/aromatic N) is 4. The van der Waals surface area contributed by atoms with Crippen molar-refractivity contribution in [3.05, 3.63) is 92.1 Å². The van der Waals surface area contributed by atoms with Crippen molar-refractivity contribution in [3.63, 3.8) is 0 Å². The molecule has 0 saturated carbocycles. The number of ether oxygens (including phenoxy) is 1. The van der Waals surface area contributed by atoms with Crippen LogP contribution in [0.25, 0.3) is 33.3 Å². The number of aromatic amines is 1. The highest BCUT2D eigenvalue weighted by Gasteiger charge is 2.21. The van der Waals surface area contributed by atoms with E-state index < -0.39 is 16.9 Å². The third-order valence-corrected chi connectivity index (χ3v) is 7.36. The van der Waals surface area contributed by atoms with Crippen LogP contribution in [0.3, 0.4) is 0 Å². The minimum Gasteiger partial charge on any atom is -0.460 e. The standard InChI is InChI=1S/C33H37N5O4/c1-21-17-26-27(18-22(21)2)38(30-29(34-26)31(40)36-32(41)35-30)16-15-37(14-8-11-28(39)42-33(3,4)5)20-23-12-13-24-9-6-7-10-25(24)19-23/h6-7,9-10,12-13,17-19H,8,11,14-16,20H2,1-5H3,(H,36,40,41). The van der Waals surface area contributed by atoms with Crippen molar-refractivity contribution in [2.45, 2.75) is 66.2 Å². The Balaban J connectivity index is 1.46. The number of H-pyrrole nitrogens is 1.